The fourth-order valence-corrected chi connectivity index (χ4v) is 3.27. The van der Waals surface area contributed by atoms with E-state index in [1.807, 2.05) is 0 Å². The number of rotatable bonds is 6. The molecule has 3 N–H and O–H groups in total. The fourth-order valence-electron chi connectivity index (χ4n) is 3.27. The van der Waals surface area contributed by atoms with Crippen LogP contribution in [0.2, 0.25) is 0 Å². The highest BCUT2D eigenvalue weighted by atomic mass is 16.1. The van der Waals surface area contributed by atoms with Crippen LogP contribution in [-0.2, 0) is 0 Å². The minimum Gasteiger partial charge on any atom is -0.355 e. The van der Waals surface area contributed by atoms with Crippen molar-refractivity contribution in [2.45, 2.75) is 45.6 Å². The Morgan fingerprint density at radius 2 is 1.96 bits per heavy atom. The number of guanidine groups is 1. The second-order valence-corrected chi connectivity index (χ2v) is 7.00. The Bertz CT molecular complexity index is 550. The van der Waals surface area contributed by atoms with Crippen molar-refractivity contribution >= 4 is 11.9 Å². The molecule has 1 fully saturated rings. The van der Waals surface area contributed by atoms with Crippen LogP contribution in [0.3, 0.4) is 0 Å². The third kappa shape index (κ3) is 6.36. The Morgan fingerprint density at radius 1 is 1.24 bits per heavy atom. The Hall–Kier alpha value is -2.11. The van der Waals surface area contributed by atoms with Gasteiger partial charge < -0.3 is 16.0 Å². The van der Waals surface area contributed by atoms with Crippen molar-refractivity contribution in [2.24, 2.45) is 16.8 Å². The first-order valence-corrected chi connectivity index (χ1v) is 9.25. The van der Waals surface area contributed by atoms with Gasteiger partial charge in [0.15, 0.2) is 5.96 Å². The third-order valence-electron chi connectivity index (χ3n) is 4.91. The van der Waals surface area contributed by atoms with E-state index in [1.54, 1.807) is 31.6 Å². The maximum Gasteiger partial charge on any atom is 0.252 e. The van der Waals surface area contributed by atoms with Gasteiger partial charge >= 0.3 is 0 Å². The van der Waals surface area contributed by atoms with Crippen LogP contribution in [0.25, 0.3) is 0 Å². The van der Waals surface area contributed by atoms with E-state index in [1.165, 1.54) is 25.7 Å². The van der Waals surface area contributed by atoms with Gasteiger partial charge in [0.25, 0.3) is 5.91 Å². The summed E-state index contributed by atoms with van der Waals surface area (Å²) in [7, 11) is 1.78. The Kier molecular flexibility index (Phi) is 7.70. The van der Waals surface area contributed by atoms with E-state index in [0.717, 1.165) is 17.8 Å². The molecule has 1 aliphatic rings. The van der Waals surface area contributed by atoms with Gasteiger partial charge in [-0.25, -0.2) is 0 Å². The van der Waals surface area contributed by atoms with E-state index in [4.69, 9.17) is 0 Å². The molecule has 6 heteroatoms. The molecule has 138 valence electrons. The van der Waals surface area contributed by atoms with Crippen LogP contribution in [0.5, 0.6) is 0 Å². The van der Waals surface area contributed by atoms with Crippen LogP contribution in [0, 0.1) is 11.8 Å². The smallest absolute Gasteiger partial charge is 0.252 e. The number of hydrogen-bond donors (Lipinski definition) is 3. The summed E-state index contributed by atoms with van der Waals surface area (Å²) in [5.74, 6) is 2.34. The molecule has 0 radical (unpaired) electrons. The molecule has 0 atom stereocenters. The van der Waals surface area contributed by atoms with Gasteiger partial charge in [0, 0.05) is 38.6 Å². The molecule has 0 aliphatic heterocycles. The van der Waals surface area contributed by atoms with Gasteiger partial charge in [0.2, 0.25) is 0 Å². The largest absolute Gasteiger partial charge is 0.355 e. The van der Waals surface area contributed by atoms with E-state index >= 15 is 0 Å². The maximum atomic E-state index is 11.9. The molecule has 0 bridgehead atoms. The molecule has 1 amide bonds. The topological polar surface area (TPSA) is 78.4 Å². The van der Waals surface area contributed by atoms with Crippen LogP contribution in [0.4, 0.5) is 0 Å². The first-order valence-electron chi connectivity index (χ1n) is 9.25. The predicted octanol–water partition coefficient (Wildman–Crippen LogP) is 2.19. The molecule has 0 spiro atoms. The number of nitrogens with zero attached hydrogens (tertiary/aromatic N) is 2. The van der Waals surface area contributed by atoms with E-state index in [2.05, 4.69) is 39.8 Å². The SMILES string of the molecule is CN=C(NCCNC(=O)c1cccnc1)NC1CCC(C(C)C)CC1. The number of carbonyl (C=O) groups excluding carboxylic acids is 1. The van der Waals surface area contributed by atoms with Crippen molar-refractivity contribution < 1.29 is 4.79 Å². The molecular formula is C19H31N5O. The third-order valence-corrected chi connectivity index (χ3v) is 4.91. The first-order chi connectivity index (χ1) is 12.1. The molecule has 0 unspecified atom stereocenters. The predicted molar refractivity (Wildman–Crippen MR) is 102 cm³/mol. The highest BCUT2D eigenvalue weighted by Gasteiger charge is 2.23. The number of aromatic nitrogens is 1. The number of carbonyl (C=O) groups is 1. The lowest BCUT2D eigenvalue weighted by Gasteiger charge is -2.32. The van der Waals surface area contributed by atoms with Crippen molar-refractivity contribution in [3.63, 3.8) is 0 Å². The lowest BCUT2D eigenvalue weighted by molar-refractivity contribution is 0.0954. The molecule has 0 aromatic carbocycles. The molecule has 1 aliphatic carbocycles. The molecule has 25 heavy (non-hydrogen) atoms. The quantitative estimate of drug-likeness (QED) is 0.419. The lowest BCUT2D eigenvalue weighted by atomic mass is 9.80. The average Bonchev–Trinajstić information content (AvgIpc) is 2.65. The van der Waals surface area contributed by atoms with Crippen molar-refractivity contribution in [3.8, 4) is 0 Å². The van der Waals surface area contributed by atoms with Crippen LogP contribution >= 0.6 is 0 Å². The molecule has 1 aromatic heterocycles. The zero-order chi connectivity index (χ0) is 18.1. The van der Waals surface area contributed by atoms with Crippen LogP contribution < -0.4 is 16.0 Å². The standard InChI is InChI=1S/C19H31N5O/c1-14(2)15-6-8-17(9-7-15)24-19(20-3)23-12-11-22-18(25)16-5-4-10-21-13-16/h4-5,10,13-15,17H,6-9,11-12H2,1-3H3,(H,22,25)(H2,20,23,24). The first kappa shape index (κ1) is 19.2. The zero-order valence-electron chi connectivity index (χ0n) is 15.6. The Morgan fingerprint density at radius 3 is 2.56 bits per heavy atom. The van der Waals surface area contributed by atoms with E-state index in [0.29, 0.717) is 24.7 Å². The molecule has 2 rings (SSSR count). The van der Waals surface area contributed by atoms with Gasteiger partial charge in [0.05, 0.1) is 5.56 Å². The number of aliphatic imine (C=N–C) groups is 1. The van der Waals surface area contributed by atoms with Gasteiger partial charge in [0.1, 0.15) is 0 Å². The normalized spacial score (nSPS) is 21.0. The summed E-state index contributed by atoms with van der Waals surface area (Å²) in [4.78, 5) is 20.2. The summed E-state index contributed by atoms with van der Waals surface area (Å²) in [5.41, 5.74) is 0.576. The monoisotopic (exact) mass is 345 g/mol. The molecule has 0 saturated heterocycles. The van der Waals surface area contributed by atoms with E-state index in [-0.39, 0.29) is 5.91 Å². The van der Waals surface area contributed by atoms with Gasteiger partial charge in [-0.2, -0.15) is 0 Å². The number of amides is 1. The molecule has 1 saturated carbocycles. The van der Waals surface area contributed by atoms with Crippen molar-refractivity contribution in [1.82, 2.24) is 20.9 Å². The van der Waals surface area contributed by atoms with Crippen molar-refractivity contribution in [2.75, 3.05) is 20.1 Å². The fraction of sp³-hybridized carbons (Fsp3) is 0.632. The van der Waals surface area contributed by atoms with E-state index in [9.17, 15) is 4.79 Å². The van der Waals surface area contributed by atoms with E-state index < -0.39 is 0 Å². The number of nitrogens with one attached hydrogen (secondary N) is 3. The second-order valence-electron chi connectivity index (χ2n) is 7.00. The van der Waals surface area contributed by atoms with Crippen LogP contribution in [-0.4, -0.2) is 43.0 Å². The minimum absolute atomic E-state index is 0.107. The highest BCUT2D eigenvalue weighted by molar-refractivity contribution is 5.93. The van der Waals surface area contributed by atoms with Gasteiger partial charge in [-0.3, -0.25) is 14.8 Å². The summed E-state index contributed by atoms with van der Waals surface area (Å²) >= 11 is 0. The van der Waals surface area contributed by atoms with Crippen LogP contribution in [0.1, 0.15) is 49.9 Å². The second kappa shape index (κ2) is 10.0. The summed E-state index contributed by atoms with van der Waals surface area (Å²) in [6, 6.07) is 4.00. The van der Waals surface area contributed by atoms with Gasteiger partial charge in [-0.15, -0.1) is 0 Å². The molecule has 6 nitrogen and oxygen atoms in total. The average molecular weight is 345 g/mol. The minimum atomic E-state index is -0.107. The summed E-state index contributed by atoms with van der Waals surface area (Å²) < 4.78 is 0. The zero-order valence-corrected chi connectivity index (χ0v) is 15.6. The lowest BCUT2D eigenvalue weighted by Crippen LogP contribution is -2.47. The number of hydrogen-bond acceptors (Lipinski definition) is 3. The Labute approximate surface area is 150 Å². The summed E-state index contributed by atoms with van der Waals surface area (Å²) in [6.45, 7) is 5.80. The molecular weight excluding hydrogens is 314 g/mol. The maximum absolute atomic E-state index is 11.9. The Balaban J connectivity index is 1.65. The highest BCUT2D eigenvalue weighted by Crippen LogP contribution is 2.29. The summed E-state index contributed by atoms with van der Waals surface area (Å²) in [6.07, 6.45) is 8.18. The number of pyridine rings is 1. The molecule has 1 aromatic rings. The van der Waals surface area contributed by atoms with Crippen molar-refractivity contribution in [1.29, 1.82) is 0 Å². The van der Waals surface area contributed by atoms with Crippen molar-refractivity contribution in [3.05, 3.63) is 30.1 Å². The van der Waals surface area contributed by atoms with Gasteiger partial charge in [-0.05, 0) is 49.7 Å². The molecule has 1 heterocycles. The summed E-state index contributed by atoms with van der Waals surface area (Å²) in [5, 5.41) is 9.64. The van der Waals surface area contributed by atoms with Gasteiger partial charge in [-0.1, -0.05) is 13.8 Å². The van der Waals surface area contributed by atoms with Crippen LogP contribution in [0.15, 0.2) is 29.5 Å².